The summed E-state index contributed by atoms with van der Waals surface area (Å²) in [6.07, 6.45) is 1.28. The average molecular weight is 285 g/mol. The van der Waals surface area contributed by atoms with Gasteiger partial charge in [0.1, 0.15) is 12.4 Å². The van der Waals surface area contributed by atoms with Gasteiger partial charge in [0.2, 0.25) is 0 Å². The molecule has 0 radical (unpaired) electrons. The number of rotatable bonds is 3. The van der Waals surface area contributed by atoms with Crippen LogP contribution in [0.1, 0.15) is 21.9 Å². The molecule has 2 heterocycles. The Hall–Kier alpha value is -3.03. The third-order valence-electron chi connectivity index (χ3n) is 3.06. The van der Waals surface area contributed by atoms with Crippen LogP contribution in [-0.2, 0) is 6.54 Å². The van der Waals surface area contributed by atoms with Crippen molar-refractivity contribution in [3.05, 3.63) is 51.8 Å². The molecule has 0 saturated carbocycles. The van der Waals surface area contributed by atoms with E-state index in [9.17, 15) is 9.59 Å². The Balaban J connectivity index is 2.02. The van der Waals surface area contributed by atoms with E-state index in [1.54, 1.807) is 12.1 Å². The van der Waals surface area contributed by atoms with Crippen LogP contribution >= 0.6 is 0 Å². The number of fused-ring (bicyclic) bond motifs is 1. The van der Waals surface area contributed by atoms with E-state index < -0.39 is 5.97 Å². The van der Waals surface area contributed by atoms with Crippen molar-refractivity contribution in [1.82, 2.24) is 25.0 Å². The average Bonchev–Trinajstić information content (AvgIpc) is 2.89. The number of aromatic amines is 1. The lowest BCUT2D eigenvalue weighted by atomic mass is 10.1. The summed E-state index contributed by atoms with van der Waals surface area (Å²) in [6, 6.07) is 5.37. The molecule has 3 rings (SSSR count). The van der Waals surface area contributed by atoms with Crippen LogP contribution in [0.4, 0.5) is 0 Å². The van der Waals surface area contributed by atoms with Gasteiger partial charge in [-0.05, 0) is 18.6 Å². The molecule has 2 N–H and O–H groups in total. The second-order valence-electron chi connectivity index (χ2n) is 4.59. The Morgan fingerprint density at radius 2 is 2.24 bits per heavy atom. The second-order valence-corrected chi connectivity index (χ2v) is 4.59. The molecule has 106 valence electrons. The number of nitrogens with one attached hydrogen (secondary N) is 1. The van der Waals surface area contributed by atoms with Crippen molar-refractivity contribution < 1.29 is 9.90 Å². The molecule has 1 aromatic carbocycles. The van der Waals surface area contributed by atoms with Gasteiger partial charge < -0.3 is 10.1 Å². The van der Waals surface area contributed by atoms with Crippen LogP contribution in [0.25, 0.3) is 10.9 Å². The van der Waals surface area contributed by atoms with E-state index in [0.29, 0.717) is 16.7 Å². The normalized spacial score (nSPS) is 10.9. The number of H-pyrrole nitrogens is 1. The molecule has 3 aromatic rings. The van der Waals surface area contributed by atoms with Crippen LogP contribution in [0.3, 0.4) is 0 Å². The lowest BCUT2D eigenvalue weighted by Crippen LogP contribution is -2.15. The maximum Gasteiger partial charge on any atom is 0.358 e. The van der Waals surface area contributed by atoms with E-state index >= 15 is 0 Å². The van der Waals surface area contributed by atoms with E-state index in [-0.39, 0.29) is 17.8 Å². The number of carboxylic acids is 1. The topological polar surface area (TPSA) is 114 Å². The summed E-state index contributed by atoms with van der Waals surface area (Å²) >= 11 is 0. The fraction of sp³-hybridized carbons (Fsp3) is 0.154. The predicted octanol–water partition coefficient (Wildman–Crippen LogP) is 0.570. The van der Waals surface area contributed by atoms with Crippen LogP contribution in [-0.4, -0.2) is 36.0 Å². The zero-order valence-electron chi connectivity index (χ0n) is 11.1. The van der Waals surface area contributed by atoms with Crippen LogP contribution in [0.15, 0.2) is 29.2 Å². The van der Waals surface area contributed by atoms with Crippen molar-refractivity contribution in [2.24, 2.45) is 0 Å². The highest BCUT2D eigenvalue weighted by Crippen LogP contribution is 2.12. The molecular weight excluding hydrogens is 274 g/mol. The van der Waals surface area contributed by atoms with Crippen LogP contribution < -0.4 is 5.56 Å². The highest BCUT2D eigenvalue weighted by molar-refractivity contribution is 5.84. The van der Waals surface area contributed by atoms with E-state index in [1.807, 2.05) is 13.0 Å². The van der Waals surface area contributed by atoms with Crippen molar-refractivity contribution in [3.8, 4) is 0 Å². The summed E-state index contributed by atoms with van der Waals surface area (Å²) in [5.41, 5.74) is 1.12. The van der Waals surface area contributed by atoms with Crippen LogP contribution in [0.5, 0.6) is 0 Å². The fourth-order valence-corrected chi connectivity index (χ4v) is 2.05. The smallest absolute Gasteiger partial charge is 0.358 e. The lowest BCUT2D eigenvalue weighted by molar-refractivity contribution is 0.0690. The minimum atomic E-state index is -1.16. The Kier molecular flexibility index (Phi) is 2.98. The Morgan fingerprint density at radius 1 is 1.43 bits per heavy atom. The maximum atomic E-state index is 12.0. The molecule has 0 bridgehead atoms. The van der Waals surface area contributed by atoms with Gasteiger partial charge in [0, 0.05) is 0 Å². The first kappa shape index (κ1) is 13.0. The standard InChI is InChI=1S/C13H11N5O3/c1-7-3-2-4-8-11(7)14-10(15-12(8)19)6-18-5-9(13(20)21)16-17-18/h2-5H,6H2,1H3,(H,20,21)(H,14,15,19). The number of hydrogen-bond donors (Lipinski definition) is 2. The van der Waals surface area contributed by atoms with Crippen molar-refractivity contribution in [3.63, 3.8) is 0 Å². The van der Waals surface area contributed by atoms with Gasteiger partial charge in [-0.15, -0.1) is 5.10 Å². The van der Waals surface area contributed by atoms with E-state index in [2.05, 4.69) is 20.3 Å². The summed E-state index contributed by atoms with van der Waals surface area (Å²) in [5.74, 6) is -0.763. The molecule has 0 amide bonds. The number of carbonyl (C=O) groups is 1. The quantitative estimate of drug-likeness (QED) is 0.727. The van der Waals surface area contributed by atoms with Gasteiger partial charge in [-0.25, -0.2) is 14.5 Å². The fourth-order valence-electron chi connectivity index (χ4n) is 2.05. The second kappa shape index (κ2) is 4.82. The summed E-state index contributed by atoms with van der Waals surface area (Å²) in [5, 5.41) is 16.5. The number of aromatic carboxylic acids is 1. The zero-order chi connectivity index (χ0) is 15.0. The van der Waals surface area contributed by atoms with E-state index in [1.165, 1.54) is 10.9 Å². The maximum absolute atomic E-state index is 12.0. The third kappa shape index (κ3) is 2.38. The zero-order valence-corrected chi connectivity index (χ0v) is 11.1. The van der Waals surface area contributed by atoms with Gasteiger partial charge in [0.05, 0.1) is 17.1 Å². The van der Waals surface area contributed by atoms with Crippen molar-refractivity contribution in [2.75, 3.05) is 0 Å². The summed E-state index contributed by atoms with van der Waals surface area (Å²) in [6.45, 7) is 2.01. The first-order valence-electron chi connectivity index (χ1n) is 6.16. The number of carboxylic acid groups (broad SMARTS) is 1. The number of benzene rings is 1. The molecule has 0 aliphatic carbocycles. The van der Waals surface area contributed by atoms with Gasteiger partial charge in [0.25, 0.3) is 5.56 Å². The van der Waals surface area contributed by atoms with Gasteiger partial charge >= 0.3 is 5.97 Å². The number of hydrogen-bond acceptors (Lipinski definition) is 5. The minimum Gasteiger partial charge on any atom is -0.476 e. The van der Waals surface area contributed by atoms with Crippen LogP contribution in [0, 0.1) is 6.92 Å². The third-order valence-corrected chi connectivity index (χ3v) is 3.06. The number of para-hydroxylation sites is 1. The van der Waals surface area contributed by atoms with Gasteiger partial charge in [-0.2, -0.15) is 0 Å². The molecule has 21 heavy (non-hydrogen) atoms. The first-order valence-corrected chi connectivity index (χ1v) is 6.16. The summed E-state index contributed by atoms with van der Waals surface area (Å²) in [4.78, 5) is 29.8. The molecule has 2 aromatic heterocycles. The molecule has 0 atom stereocenters. The van der Waals surface area contributed by atoms with Crippen molar-refractivity contribution in [2.45, 2.75) is 13.5 Å². The molecule has 8 nitrogen and oxygen atoms in total. The molecular formula is C13H11N5O3. The van der Waals surface area contributed by atoms with Crippen molar-refractivity contribution >= 4 is 16.9 Å². The number of nitrogens with zero attached hydrogens (tertiary/aromatic N) is 4. The molecule has 0 saturated heterocycles. The molecule has 0 fully saturated rings. The van der Waals surface area contributed by atoms with Crippen LogP contribution in [0.2, 0.25) is 0 Å². The van der Waals surface area contributed by atoms with Crippen molar-refractivity contribution in [1.29, 1.82) is 0 Å². The molecule has 8 heteroatoms. The largest absolute Gasteiger partial charge is 0.476 e. The molecule has 0 spiro atoms. The molecule has 0 aliphatic rings. The lowest BCUT2D eigenvalue weighted by Gasteiger charge is -2.04. The highest BCUT2D eigenvalue weighted by atomic mass is 16.4. The Bertz CT molecular complexity index is 896. The summed E-state index contributed by atoms with van der Waals surface area (Å²) < 4.78 is 1.31. The van der Waals surface area contributed by atoms with Gasteiger partial charge in [-0.1, -0.05) is 17.3 Å². The van der Waals surface area contributed by atoms with Gasteiger partial charge in [0.15, 0.2) is 5.69 Å². The Labute approximate surface area is 118 Å². The van der Waals surface area contributed by atoms with E-state index in [0.717, 1.165) is 5.56 Å². The number of aryl methyl sites for hydroxylation is 1. The predicted molar refractivity (Wildman–Crippen MR) is 73.2 cm³/mol. The summed E-state index contributed by atoms with van der Waals surface area (Å²) in [7, 11) is 0. The molecule has 0 unspecified atom stereocenters. The van der Waals surface area contributed by atoms with E-state index in [4.69, 9.17) is 5.11 Å². The monoisotopic (exact) mass is 285 g/mol. The first-order chi connectivity index (χ1) is 10.0. The SMILES string of the molecule is Cc1cccc2c(=O)[nH]c(Cn3cc(C(=O)O)nn3)nc12. The molecule has 0 aliphatic heterocycles. The number of aromatic nitrogens is 5. The Morgan fingerprint density at radius 3 is 2.95 bits per heavy atom. The van der Waals surface area contributed by atoms with Gasteiger partial charge in [-0.3, -0.25) is 4.79 Å². The highest BCUT2D eigenvalue weighted by Gasteiger charge is 2.10. The minimum absolute atomic E-state index is 0.139.